The van der Waals surface area contributed by atoms with E-state index in [4.69, 9.17) is 23.2 Å². The van der Waals surface area contributed by atoms with E-state index < -0.39 is 11.3 Å². The number of rotatable bonds is 2. The van der Waals surface area contributed by atoms with E-state index in [0.717, 1.165) is 0 Å². The van der Waals surface area contributed by atoms with Crippen molar-refractivity contribution >= 4 is 45.7 Å². The molecule has 0 atom stereocenters. The summed E-state index contributed by atoms with van der Waals surface area (Å²) in [5.41, 5.74) is 0.336. The molecule has 1 aromatic heterocycles. The van der Waals surface area contributed by atoms with Crippen molar-refractivity contribution in [3.05, 3.63) is 68.4 Å². The van der Waals surface area contributed by atoms with Crippen LogP contribution in [0.1, 0.15) is 10.4 Å². The number of halogens is 2. The summed E-state index contributed by atoms with van der Waals surface area (Å²) >= 11 is 11.7. The molecular formula is C16H10Cl2N2O3. The Balaban J connectivity index is 2.00. The molecule has 0 aliphatic rings. The Bertz CT molecular complexity index is 983. The van der Waals surface area contributed by atoms with Gasteiger partial charge in [0.05, 0.1) is 15.7 Å². The largest absolute Gasteiger partial charge is 0.506 e. The van der Waals surface area contributed by atoms with E-state index in [9.17, 15) is 14.7 Å². The molecule has 0 bridgehead atoms. The van der Waals surface area contributed by atoms with E-state index in [1.165, 1.54) is 18.3 Å². The Morgan fingerprint density at radius 1 is 1.13 bits per heavy atom. The molecule has 0 aliphatic carbocycles. The SMILES string of the molecule is O=C(Nc1cc(O)c(Cl)cc1Cl)c1c[nH]c2ccccc2c1=O. The second kappa shape index (κ2) is 5.95. The Hall–Kier alpha value is -2.50. The average Bonchev–Trinajstić information content (AvgIpc) is 2.53. The average molecular weight is 349 g/mol. The van der Waals surface area contributed by atoms with Gasteiger partial charge in [0, 0.05) is 23.2 Å². The number of carbonyl (C=O) groups is 1. The van der Waals surface area contributed by atoms with Crippen LogP contribution in [-0.2, 0) is 0 Å². The number of phenolic OH excluding ortho intramolecular Hbond substituents is 1. The van der Waals surface area contributed by atoms with Crippen molar-refractivity contribution in [2.45, 2.75) is 0 Å². The minimum absolute atomic E-state index is 0.0609. The smallest absolute Gasteiger partial charge is 0.261 e. The first kappa shape index (κ1) is 15.4. The number of hydrogen-bond acceptors (Lipinski definition) is 3. The zero-order valence-electron chi connectivity index (χ0n) is 11.6. The first-order chi connectivity index (χ1) is 11.0. The van der Waals surface area contributed by atoms with Crippen LogP contribution in [0.25, 0.3) is 10.9 Å². The molecule has 1 heterocycles. The van der Waals surface area contributed by atoms with Crippen LogP contribution in [0, 0.1) is 0 Å². The molecule has 2 aromatic carbocycles. The summed E-state index contributed by atoms with van der Waals surface area (Å²) in [6, 6.07) is 9.40. The van der Waals surface area contributed by atoms with E-state index in [1.54, 1.807) is 24.3 Å². The quantitative estimate of drug-likeness (QED) is 0.658. The summed E-state index contributed by atoms with van der Waals surface area (Å²) in [5, 5.41) is 12.7. The van der Waals surface area contributed by atoms with Gasteiger partial charge in [0.25, 0.3) is 5.91 Å². The molecular weight excluding hydrogens is 339 g/mol. The first-order valence-corrected chi connectivity index (χ1v) is 7.33. The van der Waals surface area contributed by atoms with Gasteiger partial charge >= 0.3 is 0 Å². The minimum atomic E-state index is -0.638. The number of carbonyl (C=O) groups excluding carboxylic acids is 1. The van der Waals surface area contributed by atoms with E-state index in [0.29, 0.717) is 10.9 Å². The third-order valence-corrected chi connectivity index (χ3v) is 3.93. The van der Waals surface area contributed by atoms with Gasteiger partial charge in [-0.3, -0.25) is 9.59 Å². The number of fused-ring (bicyclic) bond motifs is 1. The van der Waals surface area contributed by atoms with Crippen molar-refractivity contribution in [2.24, 2.45) is 0 Å². The van der Waals surface area contributed by atoms with Crippen LogP contribution in [0.4, 0.5) is 5.69 Å². The van der Waals surface area contributed by atoms with Crippen LogP contribution in [-0.4, -0.2) is 16.0 Å². The lowest BCUT2D eigenvalue weighted by Crippen LogP contribution is -2.22. The Morgan fingerprint density at radius 2 is 1.87 bits per heavy atom. The van der Waals surface area contributed by atoms with Gasteiger partial charge in [0.2, 0.25) is 5.43 Å². The predicted molar refractivity (Wildman–Crippen MR) is 90.6 cm³/mol. The number of phenols is 1. The molecule has 3 N–H and O–H groups in total. The van der Waals surface area contributed by atoms with Gasteiger partial charge in [-0.25, -0.2) is 0 Å². The lowest BCUT2D eigenvalue weighted by Gasteiger charge is -2.09. The molecule has 7 heteroatoms. The van der Waals surface area contributed by atoms with Gasteiger partial charge in [-0.15, -0.1) is 0 Å². The van der Waals surface area contributed by atoms with Crippen LogP contribution >= 0.6 is 23.2 Å². The first-order valence-electron chi connectivity index (χ1n) is 6.57. The molecule has 116 valence electrons. The molecule has 23 heavy (non-hydrogen) atoms. The summed E-state index contributed by atoms with van der Waals surface area (Å²) in [7, 11) is 0. The zero-order valence-corrected chi connectivity index (χ0v) is 13.1. The highest BCUT2D eigenvalue weighted by Crippen LogP contribution is 2.33. The highest BCUT2D eigenvalue weighted by molar-refractivity contribution is 6.37. The molecule has 0 aliphatic heterocycles. The predicted octanol–water partition coefficient (Wildman–Crippen LogP) is 3.79. The van der Waals surface area contributed by atoms with E-state index in [-0.39, 0.29) is 27.0 Å². The number of aromatic hydroxyl groups is 1. The number of amides is 1. The standard InChI is InChI=1S/C16H10Cl2N2O3/c17-10-5-11(18)14(21)6-13(10)20-16(23)9-7-19-12-4-2-1-3-8(12)15(9)22/h1-7,21H,(H,19,22)(H,20,23). The maximum atomic E-state index is 12.4. The highest BCUT2D eigenvalue weighted by Gasteiger charge is 2.15. The zero-order chi connectivity index (χ0) is 16.6. The number of H-pyrrole nitrogens is 1. The number of benzene rings is 2. The molecule has 0 radical (unpaired) electrons. The summed E-state index contributed by atoms with van der Waals surface area (Å²) in [6.07, 6.45) is 1.34. The molecule has 0 fully saturated rings. The molecule has 0 saturated carbocycles. The second-order valence-corrected chi connectivity index (χ2v) is 5.63. The van der Waals surface area contributed by atoms with Crippen molar-refractivity contribution in [2.75, 3.05) is 5.32 Å². The van der Waals surface area contributed by atoms with Crippen molar-refractivity contribution in [1.29, 1.82) is 0 Å². The van der Waals surface area contributed by atoms with Gasteiger partial charge in [-0.2, -0.15) is 0 Å². The second-order valence-electron chi connectivity index (χ2n) is 4.81. The van der Waals surface area contributed by atoms with Gasteiger partial charge in [-0.05, 0) is 18.2 Å². The highest BCUT2D eigenvalue weighted by atomic mass is 35.5. The van der Waals surface area contributed by atoms with Crippen molar-refractivity contribution in [3.63, 3.8) is 0 Å². The van der Waals surface area contributed by atoms with Crippen LogP contribution < -0.4 is 10.7 Å². The van der Waals surface area contributed by atoms with Crippen LogP contribution in [0.2, 0.25) is 10.0 Å². The molecule has 3 rings (SSSR count). The molecule has 0 spiro atoms. The van der Waals surface area contributed by atoms with Crippen LogP contribution in [0.5, 0.6) is 5.75 Å². The minimum Gasteiger partial charge on any atom is -0.506 e. The molecule has 0 saturated heterocycles. The van der Waals surface area contributed by atoms with Crippen LogP contribution in [0.3, 0.4) is 0 Å². The van der Waals surface area contributed by atoms with E-state index in [1.807, 2.05) is 0 Å². The summed E-state index contributed by atoms with van der Waals surface area (Å²) < 4.78 is 0. The van der Waals surface area contributed by atoms with Crippen molar-refractivity contribution in [3.8, 4) is 5.75 Å². The third kappa shape index (κ3) is 2.88. The van der Waals surface area contributed by atoms with Gasteiger partial charge in [-0.1, -0.05) is 35.3 Å². The monoisotopic (exact) mass is 348 g/mol. The fourth-order valence-electron chi connectivity index (χ4n) is 2.16. The topological polar surface area (TPSA) is 82.2 Å². The van der Waals surface area contributed by atoms with Gasteiger partial charge < -0.3 is 15.4 Å². The summed E-state index contributed by atoms with van der Waals surface area (Å²) in [4.78, 5) is 27.6. The van der Waals surface area contributed by atoms with E-state index >= 15 is 0 Å². The molecule has 0 unspecified atom stereocenters. The Labute approximate surface area is 140 Å². The summed E-state index contributed by atoms with van der Waals surface area (Å²) in [5.74, 6) is -0.862. The fraction of sp³-hybridized carbons (Fsp3) is 0. The van der Waals surface area contributed by atoms with Crippen LogP contribution in [0.15, 0.2) is 47.4 Å². The van der Waals surface area contributed by atoms with Crippen molar-refractivity contribution in [1.82, 2.24) is 4.98 Å². The number of anilines is 1. The third-order valence-electron chi connectivity index (χ3n) is 3.32. The van der Waals surface area contributed by atoms with E-state index in [2.05, 4.69) is 10.3 Å². The lowest BCUT2D eigenvalue weighted by molar-refractivity contribution is 0.102. The maximum absolute atomic E-state index is 12.4. The normalized spacial score (nSPS) is 10.7. The number of nitrogens with one attached hydrogen (secondary N) is 2. The number of aromatic nitrogens is 1. The Morgan fingerprint density at radius 3 is 2.65 bits per heavy atom. The molecule has 5 nitrogen and oxygen atoms in total. The summed E-state index contributed by atoms with van der Waals surface area (Å²) in [6.45, 7) is 0. The van der Waals surface area contributed by atoms with Crippen molar-refractivity contribution < 1.29 is 9.90 Å². The molecule has 3 aromatic rings. The molecule has 1 amide bonds. The fourth-order valence-corrected chi connectivity index (χ4v) is 2.59. The lowest BCUT2D eigenvalue weighted by atomic mass is 10.1. The number of para-hydroxylation sites is 1. The Kier molecular flexibility index (Phi) is 3.98. The number of aromatic amines is 1. The maximum Gasteiger partial charge on any atom is 0.261 e. The van der Waals surface area contributed by atoms with Gasteiger partial charge in [0.1, 0.15) is 11.3 Å². The van der Waals surface area contributed by atoms with Gasteiger partial charge in [0.15, 0.2) is 0 Å². The number of pyridine rings is 1. The number of hydrogen-bond donors (Lipinski definition) is 3.